The van der Waals surface area contributed by atoms with Crippen molar-refractivity contribution in [1.82, 2.24) is 18.3 Å². The molecule has 0 amide bonds. The number of hydrogen-bond acceptors (Lipinski definition) is 2. The summed E-state index contributed by atoms with van der Waals surface area (Å²) in [5, 5.41) is 31.6. The second-order valence-corrected chi connectivity index (χ2v) is 19.1. The molecule has 0 aliphatic rings. The molecule has 15 aromatic rings. The monoisotopic (exact) mass is 940 g/mol. The number of nitriles is 2. The first-order chi connectivity index (χ1) is 36.7. The SMILES string of the molecule is N#Cc1cc(-c2ccccc2)cc(-c2cc(-n3c4ccccc4c4c3ccc3c5ccccc5n(-c5ccccc5)c34)c(C#N)c(-n3c4ccccc4c4c3ccc3c5ccccc5n(-c5ccccc5)c34)c2)c1. The highest BCUT2D eigenvalue weighted by Gasteiger charge is 2.27. The molecule has 6 heteroatoms. The Morgan fingerprint density at radius 3 is 1.09 bits per heavy atom. The Kier molecular flexibility index (Phi) is 8.99. The molecule has 0 fully saturated rings. The molecule has 4 aromatic heterocycles. The third-order valence-electron chi connectivity index (χ3n) is 15.2. The van der Waals surface area contributed by atoms with E-state index in [1.54, 1.807) is 0 Å². The average Bonchev–Trinajstić information content (AvgIpc) is 4.28. The van der Waals surface area contributed by atoms with Crippen molar-refractivity contribution in [2.75, 3.05) is 0 Å². The molecule has 74 heavy (non-hydrogen) atoms. The minimum Gasteiger partial charge on any atom is -0.309 e. The molecule has 11 aromatic carbocycles. The van der Waals surface area contributed by atoms with Gasteiger partial charge in [0.15, 0.2) is 0 Å². The highest BCUT2D eigenvalue weighted by Crippen LogP contribution is 2.47. The van der Waals surface area contributed by atoms with Gasteiger partial charge in [0.1, 0.15) is 11.6 Å². The van der Waals surface area contributed by atoms with Crippen LogP contribution in [0.25, 0.3) is 132 Å². The first kappa shape index (κ1) is 41.4. The fraction of sp³-hybridized carbons (Fsp3) is 0. The standard InChI is InChI=1S/C68H40N6/c69-41-43-36-45(44-18-4-1-5-19-44)38-46(37-43)47-39-63(73-59-30-16-12-26-54(59)65-61(73)34-32-52-50-24-10-14-28-57(50)71(67(52)65)48-20-6-2-7-21-48)56(42-70)64(40-47)74-60-31-17-13-27-55(60)66-62(74)35-33-53-51-25-11-15-29-58(51)72(68(53)66)49-22-8-3-9-23-49/h1-40H. The van der Waals surface area contributed by atoms with Gasteiger partial charge < -0.3 is 18.3 Å². The van der Waals surface area contributed by atoms with Crippen LogP contribution in [-0.4, -0.2) is 18.3 Å². The van der Waals surface area contributed by atoms with Crippen LogP contribution >= 0.6 is 0 Å². The van der Waals surface area contributed by atoms with Gasteiger partial charge in [0, 0.05) is 54.5 Å². The Labute approximate surface area is 424 Å². The van der Waals surface area contributed by atoms with Gasteiger partial charge in [0.05, 0.1) is 67.1 Å². The van der Waals surface area contributed by atoms with E-state index in [0.717, 1.165) is 121 Å². The zero-order chi connectivity index (χ0) is 49.0. The summed E-state index contributed by atoms with van der Waals surface area (Å²) in [6.45, 7) is 0. The van der Waals surface area contributed by atoms with Crippen LogP contribution in [0.3, 0.4) is 0 Å². The van der Waals surface area contributed by atoms with E-state index in [4.69, 9.17) is 0 Å². The van der Waals surface area contributed by atoms with Crippen molar-refractivity contribution < 1.29 is 0 Å². The van der Waals surface area contributed by atoms with E-state index >= 15 is 0 Å². The summed E-state index contributed by atoms with van der Waals surface area (Å²) in [4.78, 5) is 0. The predicted octanol–water partition coefficient (Wildman–Crippen LogP) is 17.2. The molecule has 0 aliphatic heterocycles. The lowest BCUT2D eigenvalue weighted by Crippen LogP contribution is -2.05. The number of para-hydroxylation sites is 6. The second kappa shape index (κ2) is 16.1. The molecular weight excluding hydrogens is 901 g/mol. The average molecular weight is 941 g/mol. The zero-order valence-corrected chi connectivity index (χ0v) is 39.8. The van der Waals surface area contributed by atoms with Gasteiger partial charge in [-0.2, -0.15) is 10.5 Å². The van der Waals surface area contributed by atoms with Crippen LogP contribution < -0.4 is 0 Å². The van der Waals surface area contributed by atoms with Crippen LogP contribution in [0.15, 0.2) is 243 Å². The van der Waals surface area contributed by atoms with Crippen LogP contribution in [0, 0.1) is 22.7 Å². The van der Waals surface area contributed by atoms with Crippen LogP contribution in [0.4, 0.5) is 0 Å². The van der Waals surface area contributed by atoms with Gasteiger partial charge in [-0.3, -0.25) is 0 Å². The van der Waals surface area contributed by atoms with Crippen molar-refractivity contribution >= 4 is 87.2 Å². The van der Waals surface area contributed by atoms with E-state index in [-0.39, 0.29) is 0 Å². The Hall–Kier alpha value is -10.4. The summed E-state index contributed by atoms with van der Waals surface area (Å²) in [5.74, 6) is 0. The van der Waals surface area contributed by atoms with Gasteiger partial charge in [-0.05, 0) is 113 Å². The number of rotatable bonds is 6. The van der Waals surface area contributed by atoms with Crippen LogP contribution in [0.1, 0.15) is 11.1 Å². The normalized spacial score (nSPS) is 11.8. The van der Waals surface area contributed by atoms with Crippen molar-refractivity contribution in [3.05, 3.63) is 254 Å². The smallest absolute Gasteiger partial charge is 0.104 e. The Morgan fingerprint density at radius 1 is 0.270 bits per heavy atom. The molecule has 4 heterocycles. The third-order valence-corrected chi connectivity index (χ3v) is 15.2. The maximum absolute atomic E-state index is 12.0. The third kappa shape index (κ3) is 5.91. The van der Waals surface area contributed by atoms with E-state index in [1.807, 2.05) is 30.3 Å². The molecule has 0 spiro atoms. The quantitative estimate of drug-likeness (QED) is 0.167. The fourth-order valence-electron chi connectivity index (χ4n) is 12.1. The van der Waals surface area contributed by atoms with Gasteiger partial charge in [-0.15, -0.1) is 0 Å². The maximum Gasteiger partial charge on any atom is 0.104 e. The second-order valence-electron chi connectivity index (χ2n) is 19.1. The largest absolute Gasteiger partial charge is 0.309 e. The summed E-state index contributed by atoms with van der Waals surface area (Å²) >= 11 is 0. The van der Waals surface area contributed by atoms with Crippen molar-refractivity contribution in [3.8, 4) is 57.1 Å². The molecule has 0 saturated heterocycles. The number of aromatic nitrogens is 4. The predicted molar refractivity (Wildman–Crippen MR) is 304 cm³/mol. The Balaban J connectivity index is 1.11. The summed E-state index contributed by atoms with van der Waals surface area (Å²) in [6, 6.07) is 90.5. The molecule has 15 rings (SSSR count). The lowest BCUT2D eigenvalue weighted by molar-refractivity contribution is 1.12. The molecule has 0 saturated carbocycles. The van der Waals surface area contributed by atoms with Crippen LogP contribution in [-0.2, 0) is 0 Å². The zero-order valence-electron chi connectivity index (χ0n) is 39.8. The summed E-state index contributed by atoms with van der Waals surface area (Å²) < 4.78 is 9.38. The van der Waals surface area contributed by atoms with Gasteiger partial charge in [0.2, 0.25) is 0 Å². The topological polar surface area (TPSA) is 67.3 Å². The van der Waals surface area contributed by atoms with Gasteiger partial charge in [0.25, 0.3) is 0 Å². The van der Waals surface area contributed by atoms with Crippen LogP contribution in [0.2, 0.25) is 0 Å². The van der Waals surface area contributed by atoms with Gasteiger partial charge in [-0.1, -0.05) is 152 Å². The molecule has 0 aliphatic carbocycles. The summed E-state index contributed by atoms with van der Waals surface area (Å²) in [6.07, 6.45) is 0. The van der Waals surface area contributed by atoms with Crippen molar-refractivity contribution in [1.29, 1.82) is 10.5 Å². The highest BCUT2D eigenvalue weighted by molar-refractivity contribution is 6.28. The molecule has 0 unspecified atom stereocenters. The van der Waals surface area contributed by atoms with Crippen molar-refractivity contribution in [2.24, 2.45) is 0 Å². The summed E-state index contributed by atoms with van der Waals surface area (Å²) in [5.41, 5.74) is 16.8. The summed E-state index contributed by atoms with van der Waals surface area (Å²) in [7, 11) is 0. The molecule has 0 N–H and O–H groups in total. The Bertz CT molecular complexity index is 4650. The minimum atomic E-state index is 0.520. The van der Waals surface area contributed by atoms with Crippen molar-refractivity contribution in [3.63, 3.8) is 0 Å². The van der Waals surface area contributed by atoms with E-state index in [0.29, 0.717) is 11.1 Å². The lowest BCUT2D eigenvalue weighted by atomic mass is 9.94. The molecule has 0 atom stereocenters. The minimum absolute atomic E-state index is 0.520. The number of hydrogen-bond donors (Lipinski definition) is 0. The lowest BCUT2D eigenvalue weighted by Gasteiger charge is -2.19. The number of fused-ring (bicyclic) bond motifs is 14. The first-order valence-electron chi connectivity index (χ1n) is 24.9. The number of benzene rings is 11. The first-order valence-corrected chi connectivity index (χ1v) is 24.9. The molecule has 0 radical (unpaired) electrons. The maximum atomic E-state index is 12.0. The van der Waals surface area contributed by atoms with Gasteiger partial charge in [-0.25, -0.2) is 0 Å². The molecule has 0 bridgehead atoms. The fourth-order valence-corrected chi connectivity index (χ4v) is 12.1. The van der Waals surface area contributed by atoms with E-state index in [9.17, 15) is 10.5 Å². The van der Waals surface area contributed by atoms with Gasteiger partial charge >= 0.3 is 0 Å². The highest BCUT2D eigenvalue weighted by atomic mass is 15.0. The Morgan fingerprint density at radius 2 is 0.649 bits per heavy atom. The number of nitrogens with zero attached hydrogens (tertiary/aromatic N) is 6. The molecule has 6 nitrogen and oxygen atoms in total. The molecular formula is C68H40N6. The van der Waals surface area contributed by atoms with Crippen molar-refractivity contribution in [2.45, 2.75) is 0 Å². The van der Waals surface area contributed by atoms with Crippen LogP contribution in [0.5, 0.6) is 0 Å². The molecule has 342 valence electrons. The van der Waals surface area contributed by atoms with E-state index in [2.05, 4.69) is 243 Å². The van der Waals surface area contributed by atoms with E-state index in [1.165, 1.54) is 10.8 Å². The van der Waals surface area contributed by atoms with E-state index < -0.39 is 0 Å².